The van der Waals surface area contributed by atoms with Crippen molar-refractivity contribution in [2.24, 2.45) is 0 Å². The van der Waals surface area contributed by atoms with E-state index < -0.39 is 5.60 Å². The van der Waals surface area contributed by atoms with Crippen molar-refractivity contribution in [2.45, 2.75) is 45.6 Å². The van der Waals surface area contributed by atoms with E-state index in [-0.39, 0.29) is 43.1 Å². The fourth-order valence-electron chi connectivity index (χ4n) is 3.64. The molecule has 0 bridgehead atoms. The van der Waals surface area contributed by atoms with Gasteiger partial charge in [-0.15, -0.1) is 0 Å². The van der Waals surface area contributed by atoms with Gasteiger partial charge in [-0.25, -0.2) is 4.79 Å². The van der Waals surface area contributed by atoms with Crippen LogP contribution in [0, 0.1) is 0 Å². The first-order valence-corrected chi connectivity index (χ1v) is 10.9. The first-order chi connectivity index (χ1) is 15.0. The first kappa shape index (κ1) is 23.6. The highest BCUT2D eigenvalue weighted by Crippen LogP contribution is 2.32. The van der Waals surface area contributed by atoms with Crippen molar-refractivity contribution < 1.29 is 28.7 Å². The second-order valence-electron chi connectivity index (χ2n) is 9.05. The molecule has 0 N–H and O–H groups in total. The van der Waals surface area contributed by atoms with Crippen molar-refractivity contribution in [1.29, 1.82) is 0 Å². The Labute approximate surface area is 188 Å². The number of amides is 3. The lowest BCUT2D eigenvalue weighted by Crippen LogP contribution is -2.40. The number of carbonyl (C=O) groups excluding carboxylic acids is 4. The van der Waals surface area contributed by atoms with Gasteiger partial charge in [-0.05, 0) is 45.4 Å². The number of ketones is 1. The molecule has 2 aliphatic heterocycles. The molecular weight excluding hydrogens is 414 g/mol. The second-order valence-corrected chi connectivity index (χ2v) is 9.05. The highest BCUT2D eigenvalue weighted by Gasteiger charge is 2.27. The molecule has 32 heavy (non-hydrogen) atoms. The summed E-state index contributed by atoms with van der Waals surface area (Å²) in [6.45, 7) is 7.32. The zero-order valence-corrected chi connectivity index (χ0v) is 19.2. The number of anilines is 1. The lowest BCUT2D eigenvalue weighted by Gasteiger charge is -2.26. The first-order valence-electron chi connectivity index (χ1n) is 10.9. The van der Waals surface area contributed by atoms with Crippen LogP contribution < -0.4 is 9.64 Å². The molecule has 0 saturated carbocycles. The van der Waals surface area contributed by atoms with Crippen LogP contribution in [0.2, 0.25) is 0 Å². The maximum Gasteiger partial charge on any atom is 0.410 e. The number of likely N-dealkylation sites (N-methyl/N-ethyl adjacent to an activating group) is 1. The molecule has 1 fully saturated rings. The molecule has 1 saturated heterocycles. The summed E-state index contributed by atoms with van der Waals surface area (Å²) in [5.41, 5.74) is 0.423. The van der Waals surface area contributed by atoms with E-state index in [0.29, 0.717) is 49.6 Å². The number of rotatable bonds is 4. The van der Waals surface area contributed by atoms with E-state index >= 15 is 0 Å². The molecule has 0 atom stereocenters. The Hall–Kier alpha value is -3.10. The molecule has 9 heteroatoms. The number of carbonyl (C=O) groups is 4. The molecule has 174 valence electrons. The molecule has 2 heterocycles. The van der Waals surface area contributed by atoms with Gasteiger partial charge in [0.25, 0.3) is 5.91 Å². The highest BCUT2D eigenvalue weighted by atomic mass is 16.6. The van der Waals surface area contributed by atoms with Crippen LogP contribution in [0.15, 0.2) is 18.2 Å². The van der Waals surface area contributed by atoms with Gasteiger partial charge < -0.3 is 24.2 Å². The normalized spacial score (nSPS) is 16.8. The molecule has 3 rings (SSSR count). The van der Waals surface area contributed by atoms with Crippen LogP contribution in [0.5, 0.6) is 5.75 Å². The molecule has 2 aliphatic rings. The molecule has 9 nitrogen and oxygen atoms in total. The SMILES string of the molecule is CN1C(=O)COc2ccc(C(=O)CCC(=O)N3CCCN(C(=O)OC(C)(C)C)CC3)cc21. The maximum absolute atomic E-state index is 12.7. The largest absolute Gasteiger partial charge is 0.482 e. The van der Waals surface area contributed by atoms with E-state index in [0.717, 1.165) is 0 Å². The van der Waals surface area contributed by atoms with E-state index in [9.17, 15) is 19.2 Å². The van der Waals surface area contributed by atoms with E-state index in [4.69, 9.17) is 9.47 Å². The fourth-order valence-corrected chi connectivity index (χ4v) is 3.64. The van der Waals surface area contributed by atoms with Gasteiger partial charge in [-0.3, -0.25) is 14.4 Å². The summed E-state index contributed by atoms with van der Waals surface area (Å²) in [7, 11) is 1.64. The predicted octanol–water partition coefficient (Wildman–Crippen LogP) is 2.47. The van der Waals surface area contributed by atoms with Gasteiger partial charge in [0.1, 0.15) is 11.4 Å². The Bertz CT molecular complexity index is 907. The smallest absolute Gasteiger partial charge is 0.410 e. The predicted molar refractivity (Wildman–Crippen MR) is 118 cm³/mol. The van der Waals surface area contributed by atoms with Crippen molar-refractivity contribution in [1.82, 2.24) is 9.80 Å². The monoisotopic (exact) mass is 445 g/mol. The van der Waals surface area contributed by atoms with Gasteiger partial charge >= 0.3 is 6.09 Å². The summed E-state index contributed by atoms with van der Waals surface area (Å²) >= 11 is 0. The van der Waals surface area contributed by atoms with Crippen molar-refractivity contribution in [2.75, 3.05) is 44.7 Å². The molecule has 3 amide bonds. The Kier molecular flexibility index (Phi) is 7.06. The molecule has 0 aromatic heterocycles. The number of hydrogen-bond acceptors (Lipinski definition) is 6. The average Bonchev–Trinajstić information content (AvgIpc) is 2.99. The summed E-state index contributed by atoms with van der Waals surface area (Å²) in [5, 5.41) is 0. The number of nitrogens with zero attached hydrogens (tertiary/aromatic N) is 3. The van der Waals surface area contributed by atoms with Crippen molar-refractivity contribution in [3.63, 3.8) is 0 Å². The summed E-state index contributed by atoms with van der Waals surface area (Å²) in [5.74, 6) is 0.0912. The third-order valence-corrected chi connectivity index (χ3v) is 5.43. The van der Waals surface area contributed by atoms with Crippen LogP contribution in [0.4, 0.5) is 10.5 Å². The van der Waals surface area contributed by atoms with Crippen molar-refractivity contribution in [3.8, 4) is 5.75 Å². The lowest BCUT2D eigenvalue weighted by atomic mass is 10.0. The van der Waals surface area contributed by atoms with Crippen LogP contribution in [-0.4, -0.2) is 78.9 Å². The molecular formula is C23H31N3O6. The third kappa shape index (κ3) is 5.77. The van der Waals surface area contributed by atoms with Gasteiger partial charge in [0.2, 0.25) is 5.91 Å². The van der Waals surface area contributed by atoms with Crippen LogP contribution in [0.1, 0.15) is 50.4 Å². The minimum absolute atomic E-state index is 0.0213. The Morgan fingerprint density at radius 2 is 1.72 bits per heavy atom. The molecule has 0 unspecified atom stereocenters. The lowest BCUT2D eigenvalue weighted by molar-refractivity contribution is -0.131. The quantitative estimate of drug-likeness (QED) is 0.661. The van der Waals surface area contributed by atoms with Crippen molar-refractivity contribution in [3.05, 3.63) is 23.8 Å². The minimum Gasteiger partial charge on any atom is -0.482 e. The number of ether oxygens (including phenoxy) is 2. The van der Waals surface area contributed by atoms with E-state index in [2.05, 4.69) is 0 Å². The summed E-state index contributed by atoms with van der Waals surface area (Å²) in [4.78, 5) is 54.2. The summed E-state index contributed by atoms with van der Waals surface area (Å²) < 4.78 is 10.8. The third-order valence-electron chi connectivity index (χ3n) is 5.43. The second kappa shape index (κ2) is 9.58. The Morgan fingerprint density at radius 1 is 1.03 bits per heavy atom. The van der Waals surface area contributed by atoms with Crippen LogP contribution >= 0.6 is 0 Å². The van der Waals surface area contributed by atoms with Gasteiger partial charge in [-0.2, -0.15) is 0 Å². The molecule has 0 aliphatic carbocycles. The van der Waals surface area contributed by atoms with Crippen LogP contribution in [-0.2, 0) is 14.3 Å². The molecule has 0 radical (unpaired) electrons. The topological polar surface area (TPSA) is 96.5 Å². The van der Waals surface area contributed by atoms with Crippen molar-refractivity contribution >= 4 is 29.4 Å². The standard InChI is InChI=1S/C23H31N3O6/c1-23(2,3)32-22(30)26-11-5-10-25(12-13-26)20(28)9-7-18(27)16-6-8-19-17(14-16)24(4)21(29)15-31-19/h6,8,14H,5,7,9-13,15H2,1-4H3. The highest BCUT2D eigenvalue weighted by molar-refractivity contribution is 6.02. The number of fused-ring (bicyclic) bond motifs is 1. The minimum atomic E-state index is -0.565. The van der Waals surface area contributed by atoms with Crippen LogP contribution in [0.25, 0.3) is 0 Å². The number of Topliss-reactive ketones (excluding diaryl/α,β-unsaturated/α-hetero) is 1. The van der Waals surface area contributed by atoms with E-state index in [1.165, 1.54) is 4.90 Å². The summed E-state index contributed by atoms with van der Waals surface area (Å²) in [6, 6.07) is 4.96. The Balaban J connectivity index is 1.53. The number of benzene rings is 1. The molecule has 0 spiro atoms. The van der Waals surface area contributed by atoms with Gasteiger partial charge in [0.05, 0.1) is 5.69 Å². The van der Waals surface area contributed by atoms with Gasteiger partial charge in [-0.1, -0.05) is 0 Å². The zero-order chi connectivity index (χ0) is 23.5. The van der Waals surface area contributed by atoms with Crippen LogP contribution in [0.3, 0.4) is 0 Å². The maximum atomic E-state index is 12.7. The average molecular weight is 446 g/mol. The van der Waals surface area contributed by atoms with Gasteiger partial charge in [0.15, 0.2) is 12.4 Å². The van der Waals surface area contributed by atoms with Gasteiger partial charge in [0, 0.05) is 51.6 Å². The van der Waals surface area contributed by atoms with E-state index in [1.54, 1.807) is 35.0 Å². The summed E-state index contributed by atoms with van der Waals surface area (Å²) in [6.07, 6.45) is 0.446. The zero-order valence-electron chi connectivity index (χ0n) is 19.2. The number of hydrogen-bond donors (Lipinski definition) is 0. The molecule has 1 aromatic rings. The molecule has 1 aromatic carbocycles. The fraction of sp³-hybridized carbons (Fsp3) is 0.565. The van der Waals surface area contributed by atoms with E-state index in [1.807, 2.05) is 20.8 Å². The Morgan fingerprint density at radius 3 is 2.44 bits per heavy atom.